The van der Waals surface area contributed by atoms with E-state index in [2.05, 4.69) is 24.4 Å². The second-order valence-electron chi connectivity index (χ2n) is 8.42. The van der Waals surface area contributed by atoms with Crippen molar-refractivity contribution in [3.05, 3.63) is 29.3 Å². The Morgan fingerprint density at radius 2 is 2.19 bits per heavy atom. The highest BCUT2D eigenvalue weighted by molar-refractivity contribution is 5.71. The molecule has 2 fully saturated rings. The van der Waals surface area contributed by atoms with E-state index in [0.717, 1.165) is 19.3 Å². The standard InChI is InChI=1S/C21H30N2O3/c1-21-9-4-2-3-5-15(19(21)22)11-14-6-7-17(12-18(14)21)26-20(24)23-16-8-10-25-13-16/h6-7,12,15-16,19H,2-5,8-11,13,22H2,1H3,(H,23,24)/t15-,16?,19-,21+/m0/s1. The van der Waals surface area contributed by atoms with E-state index in [4.69, 9.17) is 15.2 Å². The van der Waals surface area contributed by atoms with Gasteiger partial charge in [-0.05, 0) is 54.9 Å². The molecule has 1 saturated carbocycles. The summed E-state index contributed by atoms with van der Waals surface area (Å²) in [7, 11) is 0. The molecule has 1 amide bonds. The smallest absolute Gasteiger partial charge is 0.410 e. The third-order valence-corrected chi connectivity index (χ3v) is 6.66. The minimum Gasteiger partial charge on any atom is -0.410 e. The van der Waals surface area contributed by atoms with E-state index >= 15 is 0 Å². The molecule has 3 aliphatic rings. The summed E-state index contributed by atoms with van der Waals surface area (Å²) in [6.45, 7) is 3.56. The number of hydrogen-bond donors (Lipinski definition) is 2. The maximum absolute atomic E-state index is 12.2. The van der Waals surface area contributed by atoms with Crippen molar-refractivity contribution in [3.63, 3.8) is 0 Å². The summed E-state index contributed by atoms with van der Waals surface area (Å²) >= 11 is 0. The molecule has 1 aromatic rings. The van der Waals surface area contributed by atoms with Crippen LogP contribution in [0.15, 0.2) is 18.2 Å². The maximum atomic E-state index is 12.2. The average molecular weight is 358 g/mol. The van der Waals surface area contributed by atoms with Crippen molar-refractivity contribution >= 4 is 6.09 Å². The number of ether oxygens (including phenoxy) is 2. The number of fused-ring (bicyclic) bond motifs is 4. The van der Waals surface area contributed by atoms with E-state index in [0.29, 0.717) is 24.9 Å². The zero-order valence-electron chi connectivity index (χ0n) is 15.6. The van der Waals surface area contributed by atoms with Crippen molar-refractivity contribution in [1.29, 1.82) is 0 Å². The number of amides is 1. The van der Waals surface area contributed by atoms with Crippen molar-refractivity contribution in [2.45, 2.75) is 69.4 Å². The van der Waals surface area contributed by atoms with Gasteiger partial charge in [0.1, 0.15) is 5.75 Å². The molecule has 0 radical (unpaired) electrons. The Balaban J connectivity index is 1.55. The lowest BCUT2D eigenvalue weighted by atomic mass is 9.60. The molecule has 5 nitrogen and oxygen atoms in total. The first-order valence-electron chi connectivity index (χ1n) is 10.0. The quantitative estimate of drug-likeness (QED) is 0.851. The van der Waals surface area contributed by atoms with Crippen LogP contribution in [0.25, 0.3) is 0 Å². The van der Waals surface area contributed by atoms with Gasteiger partial charge in [-0.3, -0.25) is 0 Å². The maximum Gasteiger partial charge on any atom is 0.412 e. The van der Waals surface area contributed by atoms with Gasteiger partial charge in [0.2, 0.25) is 0 Å². The van der Waals surface area contributed by atoms with Gasteiger partial charge in [-0.15, -0.1) is 0 Å². The Hall–Kier alpha value is -1.59. The zero-order chi connectivity index (χ0) is 18.1. The first-order chi connectivity index (χ1) is 12.6. The molecule has 1 heterocycles. The summed E-state index contributed by atoms with van der Waals surface area (Å²) in [5.74, 6) is 1.17. The Bertz CT molecular complexity index is 671. The molecule has 2 aliphatic carbocycles. The summed E-state index contributed by atoms with van der Waals surface area (Å²) in [5, 5.41) is 2.88. The van der Waals surface area contributed by atoms with Crippen molar-refractivity contribution in [3.8, 4) is 5.75 Å². The van der Waals surface area contributed by atoms with E-state index in [1.54, 1.807) is 0 Å². The van der Waals surface area contributed by atoms with Gasteiger partial charge in [-0.2, -0.15) is 0 Å². The number of rotatable bonds is 2. The number of nitrogens with one attached hydrogen (secondary N) is 1. The molecule has 0 spiro atoms. The number of benzene rings is 1. The van der Waals surface area contributed by atoms with Crippen LogP contribution in [0, 0.1) is 5.92 Å². The monoisotopic (exact) mass is 358 g/mol. The second kappa shape index (κ2) is 7.20. The van der Waals surface area contributed by atoms with E-state index in [1.165, 1.54) is 36.8 Å². The first kappa shape index (κ1) is 17.8. The van der Waals surface area contributed by atoms with Gasteiger partial charge in [0.25, 0.3) is 0 Å². The third-order valence-electron chi connectivity index (χ3n) is 6.66. The topological polar surface area (TPSA) is 73.6 Å². The van der Waals surface area contributed by atoms with Crippen molar-refractivity contribution < 1.29 is 14.3 Å². The van der Waals surface area contributed by atoms with Crippen LogP contribution in [0.1, 0.15) is 56.6 Å². The molecule has 26 heavy (non-hydrogen) atoms. The Morgan fingerprint density at radius 3 is 3.00 bits per heavy atom. The number of carbonyl (C=O) groups is 1. The number of nitrogens with two attached hydrogens (primary N) is 1. The van der Waals surface area contributed by atoms with Crippen LogP contribution in [0.2, 0.25) is 0 Å². The van der Waals surface area contributed by atoms with Crippen molar-refractivity contribution in [2.75, 3.05) is 13.2 Å². The largest absolute Gasteiger partial charge is 0.412 e. The van der Waals surface area contributed by atoms with Gasteiger partial charge in [-0.1, -0.05) is 32.3 Å². The molecule has 142 valence electrons. The molecule has 5 heteroatoms. The van der Waals surface area contributed by atoms with E-state index in [-0.39, 0.29) is 17.5 Å². The number of hydrogen-bond acceptors (Lipinski definition) is 4. The summed E-state index contributed by atoms with van der Waals surface area (Å²) in [5.41, 5.74) is 9.34. The molecule has 4 atom stereocenters. The average Bonchev–Trinajstić information content (AvgIpc) is 3.12. The predicted octanol–water partition coefficient (Wildman–Crippen LogP) is 3.29. The lowest BCUT2D eigenvalue weighted by molar-refractivity contribution is 0.178. The Labute approximate surface area is 155 Å². The Morgan fingerprint density at radius 1 is 1.31 bits per heavy atom. The van der Waals surface area contributed by atoms with Crippen LogP contribution in [-0.4, -0.2) is 31.4 Å². The summed E-state index contributed by atoms with van der Waals surface area (Å²) in [6.07, 6.45) is 7.59. The van der Waals surface area contributed by atoms with Crippen LogP contribution in [0.5, 0.6) is 5.75 Å². The molecule has 1 aliphatic heterocycles. The van der Waals surface area contributed by atoms with Gasteiger partial charge < -0.3 is 20.5 Å². The summed E-state index contributed by atoms with van der Waals surface area (Å²) in [4.78, 5) is 12.2. The lowest BCUT2D eigenvalue weighted by Crippen LogP contribution is -2.52. The predicted molar refractivity (Wildman–Crippen MR) is 100 cm³/mol. The van der Waals surface area contributed by atoms with Crippen LogP contribution in [0.4, 0.5) is 4.79 Å². The summed E-state index contributed by atoms with van der Waals surface area (Å²) < 4.78 is 10.9. The molecule has 1 saturated heterocycles. The van der Waals surface area contributed by atoms with Crippen LogP contribution < -0.4 is 15.8 Å². The third kappa shape index (κ3) is 3.35. The van der Waals surface area contributed by atoms with Gasteiger partial charge >= 0.3 is 6.09 Å². The van der Waals surface area contributed by atoms with E-state index < -0.39 is 6.09 Å². The van der Waals surface area contributed by atoms with E-state index in [9.17, 15) is 4.79 Å². The molecule has 0 aromatic heterocycles. The highest BCUT2D eigenvalue weighted by Crippen LogP contribution is 2.46. The minimum atomic E-state index is -0.402. The highest BCUT2D eigenvalue weighted by Gasteiger charge is 2.43. The lowest BCUT2D eigenvalue weighted by Gasteiger charge is -2.47. The van der Waals surface area contributed by atoms with Crippen molar-refractivity contribution in [1.82, 2.24) is 5.32 Å². The van der Waals surface area contributed by atoms with Gasteiger partial charge in [0.05, 0.1) is 12.6 Å². The van der Waals surface area contributed by atoms with Crippen molar-refractivity contribution in [2.24, 2.45) is 11.7 Å². The van der Waals surface area contributed by atoms with Crippen LogP contribution in [0.3, 0.4) is 0 Å². The molecule has 1 aromatic carbocycles. The Kier molecular flexibility index (Phi) is 4.93. The van der Waals surface area contributed by atoms with Gasteiger partial charge in [-0.25, -0.2) is 4.79 Å². The molecule has 3 N–H and O–H groups in total. The summed E-state index contributed by atoms with van der Waals surface area (Å²) in [6, 6.07) is 6.34. The molecule has 1 unspecified atom stereocenters. The van der Waals surface area contributed by atoms with Gasteiger partial charge in [0, 0.05) is 18.1 Å². The normalized spacial score (nSPS) is 33.7. The van der Waals surface area contributed by atoms with Gasteiger partial charge in [0.15, 0.2) is 0 Å². The second-order valence-corrected chi connectivity index (χ2v) is 8.42. The highest BCUT2D eigenvalue weighted by atomic mass is 16.6. The fourth-order valence-corrected chi connectivity index (χ4v) is 5.05. The fourth-order valence-electron chi connectivity index (χ4n) is 5.05. The van der Waals surface area contributed by atoms with E-state index in [1.807, 2.05) is 6.07 Å². The minimum absolute atomic E-state index is 0.0339. The molecular weight excluding hydrogens is 328 g/mol. The number of carbonyl (C=O) groups excluding carboxylic acids is 1. The first-order valence-corrected chi connectivity index (χ1v) is 10.0. The molecule has 4 rings (SSSR count). The van der Waals surface area contributed by atoms with Crippen LogP contribution >= 0.6 is 0 Å². The van der Waals surface area contributed by atoms with Crippen LogP contribution in [-0.2, 0) is 16.6 Å². The molecular formula is C21H30N2O3. The molecule has 2 bridgehead atoms. The SMILES string of the molecule is C[C@@]12CCCCC[C@@H](Cc3ccc(OC(=O)NC4CCOC4)cc31)[C@@H]2N. The fraction of sp³-hybridized carbons (Fsp3) is 0.667. The zero-order valence-corrected chi connectivity index (χ0v) is 15.6.